The average molecular weight is 425 g/mol. The molecule has 0 fully saturated rings. The molecule has 27 heavy (non-hydrogen) atoms. The van der Waals surface area contributed by atoms with E-state index in [-0.39, 0.29) is 5.82 Å². The van der Waals surface area contributed by atoms with Crippen LogP contribution in [0, 0.1) is 5.82 Å². The molecule has 0 saturated heterocycles. The Labute approximate surface area is 171 Å². The topological polar surface area (TPSA) is 51.1 Å². The van der Waals surface area contributed by atoms with Gasteiger partial charge in [-0.25, -0.2) is 4.39 Å². The summed E-state index contributed by atoms with van der Waals surface area (Å²) in [5.41, 5.74) is 2.09. The van der Waals surface area contributed by atoms with Crippen molar-refractivity contribution in [1.82, 2.24) is 9.78 Å². The molecule has 0 aliphatic carbocycles. The van der Waals surface area contributed by atoms with Gasteiger partial charge in [0.25, 0.3) is 0 Å². The molecule has 3 aromatic rings. The third kappa shape index (κ3) is 5.09. The highest BCUT2D eigenvalue weighted by molar-refractivity contribution is 7.80. The lowest BCUT2D eigenvalue weighted by Crippen LogP contribution is -2.19. The van der Waals surface area contributed by atoms with Crippen LogP contribution >= 0.6 is 35.4 Å². The van der Waals surface area contributed by atoms with E-state index in [4.69, 9.17) is 40.2 Å². The van der Waals surface area contributed by atoms with Crippen molar-refractivity contribution in [2.75, 3.05) is 17.7 Å². The minimum atomic E-state index is -0.376. The van der Waals surface area contributed by atoms with Crippen LogP contribution in [-0.2, 0) is 6.54 Å². The second-order valence-corrected chi connectivity index (χ2v) is 6.84. The van der Waals surface area contributed by atoms with E-state index in [1.165, 1.54) is 12.1 Å². The molecule has 0 radical (unpaired) electrons. The van der Waals surface area contributed by atoms with Crippen LogP contribution in [0.4, 0.5) is 15.8 Å². The van der Waals surface area contributed by atoms with Gasteiger partial charge in [0.15, 0.2) is 5.11 Å². The third-order valence-corrected chi connectivity index (χ3v) is 4.44. The molecule has 2 N–H and O–H groups in total. The number of thiocarbonyl (C=S) groups is 1. The van der Waals surface area contributed by atoms with Crippen LogP contribution in [0.25, 0.3) is 0 Å². The lowest BCUT2D eigenvalue weighted by molar-refractivity contribution is 0.417. The summed E-state index contributed by atoms with van der Waals surface area (Å²) < 4.78 is 20.1. The number of methoxy groups -OCH3 is 1. The molecule has 9 heteroatoms. The van der Waals surface area contributed by atoms with Gasteiger partial charge in [-0.15, -0.1) is 0 Å². The molecular weight excluding hydrogens is 410 g/mol. The number of rotatable bonds is 5. The van der Waals surface area contributed by atoms with E-state index in [0.29, 0.717) is 38.8 Å². The molecule has 2 aromatic carbocycles. The first-order valence-corrected chi connectivity index (χ1v) is 8.99. The second-order valence-electron chi connectivity index (χ2n) is 5.59. The number of halogens is 3. The Kier molecular flexibility index (Phi) is 6.15. The molecule has 0 atom stereocenters. The maximum Gasteiger partial charge on any atom is 0.175 e. The van der Waals surface area contributed by atoms with Crippen LogP contribution in [0.3, 0.4) is 0 Å². The van der Waals surface area contributed by atoms with Gasteiger partial charge in [0, 0.05) is 16.2 Å². The minimum absolute atomic E-state index is 0.352. The maximum absolute atomic E-state index is 13.1. The van der Waals surface area contributed by atoms with E-state index in [9.17, 15) is 4.39 Å². The van der Waals surface area contributed by atoms with Crippen LogP contribution in [0.1, 0.15) is 5.56 Å². The summed E-state index contributed by atoms with van der Waals surface area (Å²) in [5.74, 6) is 0.240. The van der Waals surface area contributed by atoms with E-state index < -0.39 is 0 Å². The largest absolute Gasteiger partial charge is 0.495 e. The fraction of sp³-hybridized carbons (Fsp3) is 0.111. The number of hydrogen-bond donors (Lipinski definition) is 2. The second kappa shape index (κ2) is 8.56. The fourth-order valence-corrected chi connectivity index (χ4v) is 3.03. The summed E-state index contributed by atoms with van der Waals surface area (Å²) in [6.45, 7) is 0.406. The van der Waals surface area contributed by atoms with Crippen molar-refractivity contribution in [3.63, 3.8) is 0 Å². The van der Waals surface area contributed by atoms with Crippen LogP contribution in [0.5, 0.6) is 5.75 Å². The first kappa shape index (κ1) is 19.4. The van der Waals surface area contributed by atoms with Gasteiger partial charge in [-0.2, -0.15) is 5.10 Å². The van der Waals surface area contributed by atoms with Crippen molar-refractivity contribution >= 4 is 51.9 Å². The molecule has 1 heterocycles. The van der Waals surface area contributed by atoms with Crippen LogP contribution in [-0.4, -0.2) is 22.0 Å². The lowest BCUT2D eigenvalue weighted by Gasteiger charge is -2.12. The van der Waals surface area contributed by atoms with Gasteiger partial charge in [-0.05, 0) is 48.1 Å². The molecule has 1 aromatic heterocycles. The summed E-state index contributed by atoms with van der Waals surface area (Å²) >= 11 is 17.4. The van der Waals surface area contributed by atoms with Crippen molar-refractivity contribution in [2.45, 2.75) is 6.54 Å². The van der Waals surface area contributed by atoms with E-state index in [1.54, 1.807) is 48.5 Å². The summed E-state index contributed by atoms with van der Waals surface area (Å²) in [5, 5.41) is 11.6. The highest BCUT2D eigenvalue weighted by Gasteiger charge is 2.08. The summed E-state index contributed by atoms with van der Waals surface area (Å²) in [6, 6.07) is 9.46. The van der Waals surface area contributed by atoms with Crippen molar-refractivity contribution in [2.24, 2.45) is 0 Å². The quantitative estimate of drug-likeness (QED) is 0.551. The Morgan fingerprint density at radius 1 is 1.22 bits per heavy atom. The number of nitrogens with one attached hydrogen (secondary N) is 2. The number of anilines is 2. The number of nitrogens with zero attached hydrogens (tertiary/aromatic N) is 2. The summed E-state index contributed by atoms with van der Waals surface area (Å²) in [4.78, 5) is 0. The number of aromatic nitrogens is 2. The zero-order chi connectivity index (χ0) is 19.4. The molecule has 0 spiro atoms. The molecule has 3 rings (SSSR count). The standard InChI is InChI=1S/C18H15Cl2FN4OS/c1-26-17-5-3-12(19)6-16(17)24-18(27)23-14-8-22-25(10-14)9-11-2-4-13(21)7-15(11)20/h2-8,10H,9H2,1H3,(H2,23,24,27). The Hall–Kier alpha value is -2.35. The van der Waals surface area contributed by atoms with Crippen molar-refractivity contribution in [3.05, 3.63) is 70.2 Å². The van der Waals surface area contributed by atoms with Gasteiger partial charge < -0.3 is 15.4 Å². The Balaban J connectivity index is 1.65. The van der Waals surface area contributed by atoms with Crippen molar-refractivity contribution in [1.29, 1.82) is 0 Å². The van der Waals surface area contributed by atoms with E-state index in [1.807, 2.05) is 0 Å². The maximum atomic E-state index is 13.1. The van der Waals surface area contributed by atoms with Crippen molar-refractivity contribution < 1.29 is 9.13 Å². The highest BCUT2D eigenvalue weighted by atomic mass is 35.5. The molecule has 5 nitrogen and oxygen atoms in total. The van der Waals surface area contributed by atoms with Gasteiger partial charge >= 0.3 is 0 Å². The van der Waals surface area contributed by atoms with Crippen LogP contribution < -0.4 is 15.4 Å². The Morgan fingerprint density at radius 3 is 2.78 bits per heavy atom. The molecule has 0 aliphatic rings. The van der Waals surface area contributed by atoms with Gasteiger partial charge in [-0.3, -0.25) is 4.68 Å². The molecular formula is C18H15Cl2FN4OS. The average Bonchev–Trinajstić information content (AvgIpc) is 3.04. The highest BCUT2D eigenvalue weighted by Crippen LogP contribution is 2.27. The van der Waals surface area contributed by atoms with Gasteiger partial charge in [0.2, 0.25) is 0 Å². The van der Waals surface area contributed by atoms with Crippen molar-refractivity contribution in [3.8, 4) is 5.75 Å². The van der Waals surface area contributed by atoms with Crippen LogP contribution in [0.2, 0.25) is 10.0 Å². The first-order valence-electron chi connectivity index (χ1n) is 7.82. The lowest BCUT2D eigenvalue weighted by atomic mass is 10.2. The molecule has 0 unspecified atom stereocenters. The molecule has 140 valence electrons. The van der Waals surface area contributed by atoms with E-state index in [2.05, 4.69) is 15.7 Å². The predicted molar refractivity (Wildman–Crippen MR) is 111 cm³/mol. The van der Waals surface area contributed by atoms with Gasteiger partial charge in [0.05, 0.1) is 31.2 Å². The molecule has 0 aliphatic heterocycles. The van der Waals surface area contributed by atoms with Crippen LogP contribution in [0.15, 0.2) is 48.8 Å². The fourth-order valence-electron chi connectivity index (χ4n) is 2.40. The van der Waals surface area contributed by atoms with Gasteiger partial charge in [-0.1, -0.05) is 29.3 Å². The first-order chi connectivity index (χ1) is 12.9. The number of benzene rings is 2. The zero-order valence-electron chi connectivity index (χ0n) is 14.2. The predicted octanol–water partition coefficient (Wildman–Crippen LogP) is 5.19. The molecule has 0 amide bonds. The van der Waals surface area contributed by atoms with Gasteiger partial charge in [0.1, 0.15) is 11.6 Å². The van der Waals surface area contributed by atoms with E-state index >= 15 is 0 Å². The summed E-state index contributed by atoms with van der Waals surface area (Å²) in [7, 11) is 1.56. The monoisotopic (exact) mass is 424 g/mol. The normalized spacial score (nSPS) is 10.5. The smallest absolute Gasteiger partial charge is 0.175 e. The third-order valence-electron chi connectivity index (χ3n) is 3.65. The zero-order valence-corrected chi connectivity index (χ0v) is 16.5. The number of ether oxygens (including phenoxy) is 1. The van der Waals surface area contributed by atoms with E-state index in [0.717, 1.165) is 5.56 Å². The SMILES string of the molecule is COc1ccc(Cl)cc1NC(=S)Nc1cnn(Cc2ccc(F)cc2Cl)c1. The molecule has 0 saturated carbocycles. The minimum Gasteiger partial charge on any atom is -0.495 e. The molecule has 0 bridgehead atoms. The Morgan fingerprint density at radius 2 is 2.04 bits per heavy atom. The Bertz CT molecular complexity index is 980. The summed E-state index contributed by atoms with van der Waals surface area (Å²) in [6.07, 6.45) is 3.39. The number of hydrogen-bond acceptors (Lipinski definition) is 3.